The number of carbonyl (C=O) groups excluding carboxylic acids is 1. The van der Waals surface area contributed by atoms with Crippen molar-refractivity contribution >= 4 is 29.8 Å². The van der Waals surface area contributed by atoms with Gasteiger partial charge in [0.15, 0.2) is 0 Å². The summed E-state index contributed by atoms with van der Waals surface area (Å²) in [5.74, 6) is -0.566. The number of carbonyl (C=O) groups is 1. The van der Waals surface area contributed by atoms with Gasteiger partial charge in [-0.05, 0) is 59.1 Å². The fourth-order valence-electron chi connectivity index (χ4n) is 6.42. The third kappa shape index (κ3) is 7.50. The van der Waals surface area contributed by atoms with Gasteiger partial charge in [0.1, 0.15) is 11.7 Å². The lowest BCUT2D eigenvalue weighted by Gasteiger charge is -2.37. The van der Waals surface area contributed by atoms with Gasteiger partial charge in [0.25, 0.3) is 0 Å². The van der Waals surface area contributed by atoms with Gasteiger partial charge in [-0.15, -0.1) is 0 Å². The molecule has 0 saturated carbocycles. The van der Waals surface area contributed by atoms with Crippen molar-refractivity contribution in [3.05, 3.63) is 210 Å². The van der Waals surface area contributed by atoms with E-state index in [4.69, 9.17) is 9.47 Å². The predicted octanol–water partition coefficient (Wildman–Crippen LogP) is 9.19. The van der Waals surface area contributed by atoms with E-state index in [0.29, 0.717) is 12.2 Å². The number of esters is 1. The zero-order chi connectivity index (χ0) is 34.1. The third-order valence-corrected chi connectivity index (χ3v) is 11.2. The van der Waals surface area contributed by atoms with Crippen molar-refractivity contribution in [3.8, 4) is 0 Å². The van der Waals surface area contributed by atoms with Crippen LogP contribution in [0.2, 0.25) is 0 Å². The van der Waals surface area contributed by atoms with Gasteiger partial charge >= 0.3 is 5.97 Å². The van der Waals surface area contributed by atoms with Crippen LogP contribution in [0.5, 0.6) is 0 Å². The first-order valence-electron chi connectivity index (χ1n) is 16.6. The van der Waals surface area contributed by atoms with Crippen LogP contribution in [0.4, 0.5) is 0 Å². The third-order valence-electron chi connectivity index (χ3n) is 8.73. The molecular weight excluding hydrogens is 619 g/mol. The monoisotopic (exact) mass is 660 g/mol. The van der Waals surface area contributed by atoms with Gasteiger partial charge in [-0.3, -0.25) is 0 Å². The molecule has 3 nitrogen and oxygen atoms in total. The Morgan fingerprint density at radius 2 is 1.00 bits per heavy atom. The van der Waals surface area contributed by atoms with Crippen LogP contribution in [-0.2, 0) is 15.1 Å². The highest BCUT2D eigenvalue weighted by atomic mass is 31.1. The first-order chi connectivity index (χ1) is 24.0. The van der Waals surface area contributed by atoms with E-state index >= 15 is 0 Å². The van der Waals surface area contributed by atoms with E-state index in [1.165, 1.54) is 10.6 Å². The lowest BCUT2D eigenvalue weighted by molar-refractivity contribution is -0.0343. The quantitative estimate of drug-likeness (QED) is 0.0537. The molecule has 0 aliphatic heterocycles. The van der Waals surface area contributed by atoms with Gasteiger partial charge < -0.3 is 9.47 Å². The zero-order valence-electron chi connectivity index (χ0n) is 28.0. The average molecular weight is 661 g/mol. The van der Waals surface area contributed by atoms with Gasteiger partial charge in [0.05, 0.1) is 12.2 Å². The summed E-state index contributed by atoms with van der Waals surface area (Å²) in [4.78, 5) is 14.2. The Labute approximate surface area is 291 Å². The SMILES string of the molecule is C=C(C)[C@H](OC(=O)c1ccccc1P(c1ccccc1)c1ccccc1)[C@H](C)COC(c1ccccc1)(c1ccccc1)c1ccccc1. The highest BCUT2D eigenvalue weighted by Gasteiger charge is 2.39. The molecule has 0 spiro atoms. The molecule has 6 rings (SSSR count). The number of ether oxygens (including phenoxy) is 2. The Morgan fingerprint density at radius 3 is 1.43 bits per heavy atom. The van der Waals surface area contributed by atoms with Crippen molar-refractivity contribution in [1.82, 2.24) is 0 Å². The Kier molecular flexibility index (Phi) is 11.0. The van der Waals surface area contributed by atoms with E-state index in [0.717, 1.165) is 27.6 Å². The Bertz CT molecular complexity index is 1810. The molecule has 0 fully saturated rings. The minimum Gasteiger partial charge on any atom is -0.454 e. The van der Waals surface area contributed by atoms with Crippen LogP contribution in [-0.4, -0.2) is 18.7 Å². The molecule has 0 aliphatic carbocycles. The molecule has 0 radical (unpaired) electrons. The summed E-state index contributed by atoms with van der Waals surface area (Å²) in [6, 6.07) is 59.5. The molecule has 244 valence electrons. The average Bonchev–Trinajstić information content (AvgIpc) is 3.16. The molecule has 0 heterocycles. The summed E-state index contributed by atoms with van der Waals surface area (Å²) < 4.78 is 13.5. The minimum absolute atomic E-state index is 0.200. The lowest BCUT2D eigenvalue weighted by atomic mass is 9.80. The Morgan fingerprint density at radius 1 is 0.612 bits per heavy atom. The van der Waals surface area contributed by atoms with E-state index in [1.807, 2.05) is 116 Å². The fraction of sp³-hybridized carbons (Fsp3) is 0.133. The zero-order valence-corrected chi connectivity index (χ0v) is 28.9. The van der Waals surface area contributed by atoms with Crippen molar-refractivity contribution in [2.24, 2.45) is 5.92 Å². The molecule has 0 unspecified atom stereocenters. The smallest absolute Gasteiger partial charge is 0.339 e. The summed E-state index contributed by atoms with van der Waals surface area (Å²) in [6.45, 7) is 8.55. The summed E-state index contributed by atoms with van der Waals surface area (Å²) in [5, 5.41) is 3.29. The van der Waals surface area contributed by atoms with Crippen LogP contribution in [0, 0.1) is 5.92 Å². The van der Waals surface area contributed by atoms with E-state index in [9.17, 15) is 4.79 Å². The standard InChI is InChI=1S/C45H41O3P/c1-34(2)43(48-44(46)41-31-19-20-32-42(41)49(39-27-15-7-16-28-39)40-29-17-8-18-30-40)35(3)33-47-45(36-21-9-4-10-22-36,37-23-11-5-12-24-37)38-25-13-6-14-26-38/h4-32,35,43H,1,33H2,2-3H3/t35-,43+/m1/s1. The van der Waals surface area contributed by atoms with Crippen LogP contribution in [0.25, 0.3) is 0 Å². The van der Waals surface area contributed by atoms with Gasteiger partial charge in [0.2, 0.25) is 0 Å². The molecular formula is C45H41O3P. The van der Waals surface area contributed by atoms with Crippen LogP contribution >= 0.6 is 7.92 Å². The molecule has 0 N–H and O–H groups in total. The van der Waals surface area contributed by atoms with Crippen molar-refractivity contribution in [2.45, 2.75) is 25.6 Å². The van der Waals surface area contributed by atoms with Crippen LogP contribution in [0.3, 0.4) is 0 Å². The highest BCUT2D eigenvalue weighted by Crippen LogP contribution is 2.41. The molecule has 0 saturated heterocycles. The molecule has 6 aromatic rings. The predicted molar refractivity (Wildman–Crippen MR) is 203 cm³/mol. The first-order valence-corrected chi connectivity index (χ1v) is 18.0. The molecule has 0 bridgehead atoms. The number of benzene rings is 6. The van der Waals surface area contributed by atoms with Crippen molar-refractivity contribution < 1.29 is 14.3 Å². The van der Waals surface area contributed by atoms with Gasteiger partial charge in [0, 0.05) is 5.92 Å². The van der Waals surface area contributed by atoms with Gasteiger partial charge in [-0.2, -0.15) is 0 Å². The maximum Gasteiger partial charge on any atom is 0.339 e. The fourth-order valence-corrected chi connectivity index (χ4v) is 8.85. The van der Waals surface area contributed by atoms with Crippen LogP contribution < -0.4 is 15.9 Å². The summed E-state index contributed by atoms with van der Waals surface area (Å²) in [6.07, 6.45) is -0.569. The number of rotatable bonds is 13. The van der Waals surface area contributed by atoms with Crippen LogP contribution in [0.1, 0.15) is 40.9 Å². The minimum atomic E-state index is -1.00. The van der Waals surface area contributed by atoms with Crippen LogP contribution in [0.15, 0.2) is 188 Å². The second-order valence-electron chi connectivity index (χ2n) is 12.3. The Balaban J connectivity index is 1.32. The number of hydrogen-bond acceptors (Lipinski definition) is 3. The van der Waals surface area contributed by atoms with Crippen molar-refractivity contribution in [1.29, 1.82) is 0 Å². The van der Waals surface area contributed by atoms with E-state index in [-0.39, 0.29) is 11.9 Å². The molecule has 2 atom stereocenters. The molecule has 4 heteroatoms. The summed E-state index contributed by atoms with van der Waals surface area (Å²) >= 11 is 0. The number of hydrogen-bond donors (Lipinski definition) is 0. The second-order valence-corrected chi connectivity index (χ2v) is 14.4. The maximum absolute atomic E-state index is 14.2. The summed E-state index contributed by atoms with van der Waals surface area (Å²) in [7, 11) is -1.00. The molecule has 0 amide bonds. The highest BCUT2D eigenvalue weighted by molar-refractivity contribution is 7.80. The maximum atomic E-state index is 14.2. The van der Waals surface area contributed by atoms with Gasteiger partial charge in [-0.25, -0.2) is 4.79 Å². The van der Waals surface area contributed by atoms with E-state index < -0.39 is 19.6 Å². The molecule has 6 aromatic carbocycles. The second kappa shape index (κ2) is 15.9. The molecule has 49 heavy (non-hydrogen) atoms. The van der Waals surface area contributed by atoms with E-state index in [1.54, 1.807) is 0 Å². The molecule has 0 aromatic heterocycles. The first kappa shape index (κ1) is 33.8. The largest absolute Gasteiger partial charge is 0.454 e. The van der Waals surface area contributed by atoms with Crippen molar-refractivity contribution in [3.63, 3.8) is 0 Å². The Hall–Kier alpha value is -5.08. The topological polar surface area (TPSA) is 35.5 Å². The normalized spacial score (nSPS) is 12.6. The summed E-state index contributed by atoms with van der Waals surface area (Å²) in [5.41, 5.74) is 3.51. The molecule has 0 aliphatic rings. The van der Waals surface area contributed by atoms with E-state index in [2.05, 4.69) is 80.2 Å². The lowest BCUT2D eigenvalue weighted by Crippen LogP contribution is -2.37. The van der Waals surface area contributed by atoms with Gasteiger partial charge in [-0.1, -0.05) is 183 Å². The van der Waals surface area contributed by atoms with Crippen molar-refractivity contribution in [2.75, 3.05) is 6.61 Å².